The molecule has 1 heterocycles. The molecule has 0 radical (unpaired) electrons. The van der Waals surface area contributed by atoms with Crippen molar-refractivity contribution in [2.45, 2.75) is 6.92 Å². The fourth-order valence-corrected chi connectivity index (χ4v) is 3.45. The van der Waals surface area contributed by atoms with Gasteiger partial charge in [-0.2, -0.15) is 0 Å². The van der Waals surface area contributed by atoms with Crippen LogP contribution in [0.25, 0.3) is 6.08 Å². The largest absolute Gasteiger partial charge is 0.496 e. The molecule has 9 nitrogen and oxygen atoms in total. The van der Waals surface area contributed by atoms with Crippen LogP contribution in [0, 0.1) is 0 Å². The van der Waals surface area contributed by atoms with Crippen molar-refractivity contribution in [1.29, 1.82) is 0 Å². The summed E-state index contributed by atoms with van der Waals surface area (Å²) >= 11 is 0. The Balaban J connectivity index is 1.60. The summed E-state index contributed by atoms with van der Waals surface area (Å²) in [4.78, 5) is 38.1. The van der Waals surface area contributed by atoms with Crippen LogP contribution in [0.5, 0.6) is 17.2 Å². The van der Waals surface area contributed by atoms with Crippen molar-refractivity contribution in [2.24, 2.45) is 0 Å². The molecule has 1 aliphatic rings. The van der Waals surface area contributed by atoms with Crippen LogP contribution < -0.4 is 24.8 Å². The maximum absolute atomic E-state index is 13.2. The number of methoxy groups -OCH3 is 1. The third-order valence-corrected chi connectivity index (χ3v) is 5.21. The molecule has 1 aliphatic heterocycles. The predicted octanol–water partition coefficient (Wildman–Crippen LogP) is 4.01. The standard InChI is InChI=1S/C27H24N2O7/c1-3-34-27(32)18-9-11-19(12-10-18)28-26(31)21(14-17-8-13-23-24(15-17)36-16-35-23)29-25(30)20-6-4-5-7-22(20)33-2/h4-15H,3,16H2,1-2H3,(H,28,31)(H,29,30)/b21-14+. The van der Waals surface area contributed by atoms with E-state index in [2.05, 4.69) is 10.6 Å². The van der Waals surface area contributed by atoms with E-state index in [-0.39, 0.29) is 24.7 Å². The third-order valence-electron chi connectivity index (χ3n) is 5.21. The lowest BCUT2D eigenvalue weighted by molar-refractivity contribution is -0.113. The number of nitrogens with one attached hydrogen (secondary N) is 2. The minimum absolute atomic E-state index is 0.0146. The van der Waals surface area contributed by atoms with Gasteiger partial charge in [-0.05, 0) is 67.1 Å². The number of hydrogen-bond donors (Lipinski definition) is 2. The van der Waals surface area contributed by atoms with E-state index >= 15 is 0 Å². The molecular formula is C27H24N2O7. The number of esters is 1. The molecule has 184 valence electrons. The molecule has 36 heavy (non-hydrogen) atoms. The second kappa shape index (κ2) is 11.1. The van der Waals surface area contributed by atoms with Crippen LogP contribution in [-0.4, -0.2) is 38.3 Å². The van der Waals surface area contributed by atoms with Gasteiger partial charge in [0.25, 0.3) is 11.8 Å². The van der Waals surface area contributed by atoms with Crippen molar-refractivity contribution >= 4 is 29.5 Å². The van der Waals surface area contributed by atoms with Crippen LogP contribution in [0.1, 0.15) is 33.2 Å². The Kier molecular flexibility index (Phi) is 7.50. The van der Waals surface area contributed by atoms with Gasteiger partial charge in [-0.1, -0.05) is 18.2 Å². The molecule has 0 saturated carbocycles. The first-order valence-corrected chi connectivity index (χ1v) is 11.1. The summed E-state index contributed by atoms with van der Waals surface area (Å²) in [6, 6.07) is 18.1. The second-order valence-corrected chi connectivity index (χ2v) is 7.58. The Hall–Kier alpha value is -4.79. The van der Waals surface area contributed by atoms with Gasteiger partial charge >= 0.3 is 5.97 Å². The first-order valence-electron chi connectivity index (χ1n) is 11.1. The van der Waals surface area contributed by atoms with Gasteiger partial charge in [0.2, 0.25) is 6.79 Å². The first kappa shape index (κ1) is 24.3. The Labute approximate surface area is 207 Å². The Morgan fingerprint density at radius 2 is 1.72 bits per heavy atom. The van der Waals surface area contributed by atoms with Crippen molar-refractivity contribution in [3.63, 3.8) is 0 Å². The minimum atomic E-state index is -0.570. The Morgan fingerprint density at radius 1 is 0.972 bits per heavy atom. The number of carbonyl (C=O) groups is 3. The summed E-state index contributed by atoms with van der Waals surface area (Å²) in [5, 5.41) is 5.41. The number of carbonyl (C=O) groups excluding carboxylic acids is 3. The lowest BCUT2D eigenvalue weighted by atomic mass is 10.1. The van der Waals surface area contributed by atoms with E-state index in [1.54, 1.807) is 73.7 Å². The molecule has 0 aliphatic carbocycles. The van der Waals surface area contributed by atoms with E-state index in [0.29, 0.717) is 34.1 Å². The lowest BCUT2D eigenvalue weighted by Gasteiger charge is -2.13. The number of benzene rings is 3. The number of rotatable bonds is 8. The van der Waals surface area contributed by atoms with Crippen LogP contribution in [0.3, 0.4) is 0 Å². The first-order chi connectivity index (χ1) is 17.5. The predicted molar refractivity (Wildman–Crippen MR) is 132 cm³/mol. The summed E-state index contributed by atoms with van der Waals surface area (Å²) in [6.45, 7) is 2.10. The molecule has 0 aromatic heterocycles. The number of amides is 2. The van der Waals surface area contributed by atoms with Gasteiger partial charge < -0.3 is 29.6 Å². The van der Waals surface area contributed by atoms with Gasteiger partial charge in [0.15, 0.2) is 11.5 Å². The highest BCUT2D eigenvalue weighted by molar-refractivity contribution is 6.11. The summed E-state index contributed by atoms with van der Waals surface area (Å²) in [7, 11) is 1.46. The fourth-order valence-electron chi connectivity index (χ4n) is 3.45. The zero-order valence-corrected chi connectivity index (χ0v) is 19.7. The van der Waals surface area contributed by atoms with Crippen LogP contribution >= 0.6 is 0 Å². The molecule has 0 fully saturated rings. The molecule has 0 bridgehead atoms. The van der Waals surface area contributed by atoms with Crippen molar-refractivity contribution in [2.75, 3.05) is 25.8 Å². The van der Waals surface area contributed by atoms with Crippen LogP contribution in [0.2, 0.25) is 0 Å². The molecular weight excluding hydrogens is 464 g/mol. The monoisotopic (exact) mass is 488 g/mol. The van der Waals surface area contributed by atoms with Crippen molar-refractivity contribution in [1.82, 2.24) is 5.32 Å². The smallest absolute Gasteiger partial charge is 0.338 e. The Morgan fingerprint density at radius 3 is 2.47 bits per heavy atom. The normalized spacial score (nSPS) is 12.0. The molecule has 2 N–H and O–H groups in total. The maximum Gasteiger partial charge on any atom is 0.338 e. The summed E-state index contributed by atoms with van der Waals surface area (Å²) in [6.07, 6.45) is 1.53. The highest BCUT2D eigenvalue weighted by Crippen LogP contribution is 2.33. The number of para-hydroxylation sites is 1. The zero-order chi connectivity index (χ0) is 25.5. The van der Waals surface area contributed by atoms with E-state index in [4.69, 9.17) is 18.9 Å². The highest BCUT2D eigenvalue weighted by Gasteiger charge is 2.19. The number of fused-ring (bicyclic) bond motifs is 1. The maximum atomic E-state index is 13.2. The van der Waals surface area contributed by atoms with Crippen LogP contribution in [0.4, 0.5) is 5.69 Å². The van der Waals surface area contributed by atoms with E-state index in [9.17, 15) is 14.4 Å². The van der Waals surface area contributed by atoms with E-state index in [1.165, 1.54) is 13.2 Å². The van der Waals surface area contributed by atoms with Crippen molar-refractivity contribution in [3.8, 4) is 17.2 Å². The molecule has 0 spiro atoms. The van der Waals surface area contributed by atoms with Gasteiger partial charge in [0.1, 0.15) is 11.4 Å². The lowest BCUT2D eigenvalue weighted by Crippen LogP contribution is -2.31. The molecule has 0 atom stereocenters. The van der Waals surface area contributed by atoms with E-state index in [1.807, 2.05) is 0 Å². The van der Waals surface area contributed by atoms with Crippen LogP contribution in [-0.2, 0) is 9.53 Å². The summed E-state index contributed by atoms with van der Waals surface area (Å²) < 4.78 is 21.0. The molecule has 0 unspecified atom stereocenters. The molecule has 2 amide bonds. The highest BCUT2D eigenvalue weighted by atomic mass is 16.7. The quantitative estimate of drug-likeness (QED) is 0.364. The van der Waals surface area contributed by atoms with Gasteiger partial charge in [-0.3, -0.25) is 9.59 Å². The average Bonchev–Trinajstić information content (AvgIpc) is 3.36. The minimum Gasteiger partial charge on any atom is -0.496 e. The average molecular weight is 488 g/mol. The fraction of sp³-hybridized carbons (Fsp3) is 0.148. The van der Waals surface area contributed by atoms with Crippen molar-refractivity contribution in [3.05, 3.63) is 89.1 Å². The van der Waals surface area contributed by atoms with Gasteiger partial charge in [0.05, 0.1) is 24.8 Å². The molecule has 0 saturated heterocycles. The SMILES string of the molecule is CCOC(=O)c1ccc(NC(=O)/C(=C\c2ccc3c(c2)OCO3)NC(=O)c2ccccc2OC)cc1. The zero-order valence-electron chi connectivity index (χ0n) is 19.7. The van der Waals surface area contributed by atoms with E-state index < -0.39 is 17.8 Å². The molecule has 4 rings (SSSR count). The number of ether oxygens (including phenoxy) is 4. The summed E-state index contributed by atoms with van der Waals surface area (Å²) in [5.41, 5.74) is 1.65. The van der Waals surface area contributed by atoms with Crippen LogP contribution in [0.15, 0.2) is 72.4 Å². The van der Waals surface area contributed by atoms with Gasteiger partial charge in [-0.25, -0.2) is 4.79 Å². The summed E-state index contributed by atoms with van der Waals surface area (Å²) in [5.74, 6) is -0.0469. The van der Waals surface area contributed by atoms with E-state index in [0.717, 1.165) is 0 Å². The molecule has 3 aromatic carbocycles. The number of anilines is 1. The molecule has 9 heteroatoms. The van der Waals surface area contributed by atoms with Gasteiger partial charge in [-0.15, -0.1) is 0 Å². The topological polar surface area (TPSA) is 112 Å². The Bertz CT molecular complexity index is 1320. The second-order valence-electron chi connectivity index (χ2n) is 7.58. The number of hydrogen-bond acceptors (Lipinski definition) is 7. The third kappa shape index (κ3) is 5.64. The molecule has 3 aromatic rings. The van der Waals surface area contributed by atoms with Crippen molar-refractivity contribution < 1.29 is 33.3 Å². The van der Waals surface area contributed by atoms with Gasteiger partial charge in [0, 0.05) is 5.69 Å².